The Kier molecular flexibility index (Phi) is 4.22. The molecular formula is C15H15FN2S. The first kappa shape index (κ1) is 13.6. The molecule has 4 heteroatoms. The number of hydrogen-bond donors (Lipinski definition) is 2. The Balaban J connectivity index is 2.15. The summed E-state index contributed by atoms with van der Waals surface area (Å²) in [6.45, 7) is 2.04. The van der Waals surface area contributed by atoms with Crippen LogP contribution in [-0.4, -0.2) is 5.84 Å². The first-order chi connectivity index (χ1) is 9.06. The fourth-order valence-electron chi connectivity index (χ4n) is 1.72. The fourth-order valence-corrected chi connectivity index (χ4v) is 2.62. The predicted molar refractivity (Wildman–Crippen MR) is 78.2 cm³/mol. The smallest absolute Gasteiger partial charge is 0.123 e. The highest BCUT2D eigenvalue weighted by Gasteiger charge is 2.07. The van der Waals surface area contributed by atoms with Crippen LogP contribution >= 0.6 is 11.8 Å². The number of aryl methyl sites for hydroxylation is 1. The lowest BCUT2D eigenvalue weighted by atomic mass is 10.1. The van der Waals surface area contributed by atoms with Crippen molar-refractivity contribution in [3.63, 3.8) is 0 Å². The zero-order valence-electron chi connectivity index (χ0n) is 10.6. The lowest BCUT2D eigenvalue weighted by Crippen LogP contribution is -2.13. The summed E-state index contributed by atoms with van der Waals surface area (Å²) >= 11 is 1.64. The van der Waals surface area contributed by atoms with Gasteiger partial charge in [-0.2, -0.15) is 0 Å². The molecule has 2 aromatic rings. The Hall–Kier alpha value is -1.81. The highest BCUT2D eigenvalue weighted by atomic mass is 32.2. The van der Waals surface area contributed by atoms with Crippen LogP contribution in [0.15, 0.2) is 47.4 Å². The lowest BCUT2D eigenvalue weighted by molar-refractivity contribution is 0.627. The molecule has 2 rings (SSSR count). The minimum atomic E-state index is -0.366. The van der Waals surface area contributed by atoms with Crippen LogP contribution in [0.1, 0.15) is 16.7 Å². The van der Waals surface area contributed by atoms with Crippen molar-refractivity contribution >= 4 is 17.6 Å². The molecule has 0 aliphatic heterocycles. The van der Waals surface area contributed by atoms with Crippen LogP contribution in [0.4, 0.5) is 4.39 Å². The van der Waals surface area contributed by atoms with Crippen molar-refractivity contribution in [2.75, 3.05) is 0 Å². The standard InChI is InChI=1S/C15H15FN2S/c1-10-2-6-13(7-3-10)19-9-11-4-5-12(16)8-14(11)15(17)18/h2-8H,9H2,1H3,(H3,17,18). The average molecular weight is 274 g/mol. The summed E-state index contributed by atoms with van der Waals surface area (Å²) in [5.74, 6) is 0.200. The van der Waals surface area contributed by atoms with Gasteiger partial charge in [-0.3, -0.25) is 5.41 Å². The minimum absolute atomic E-state index is 0.0981. The molecule has 2 aromatic carbocycles. The number of thioether (sulfide) groups is 1. The number of amidine groups is 1. The summed E-state index contributed by atoms with van der Waals surface area (Å²) in [6, 6.07) is 12.6. The third kappa shape index (κ3) is 3.58. The third-order valence-electron chi connectivity index (χ3n) is 2.78. The van der Waals surface area contributed by atoms with Gasteiger partial charge in [0, 0.05) is 16.2 Å². The maximum atomic E-state index is 13.2. The molecular weight excluding hydrogens is 259 g/mol. The Morgan fingerprint density at radius 2 is 1.89 bits per heavy atom. The molecule has 0 fully saturated rings. The van der Waals surface area contributed by atoms with E-state index in [0.717, 1.165) is 10.5 Å². The predicted octanol–water partition coefficient (Wildman–Crippen LogP) is 3.71. The number of benzene rings is 2. The number of nitrogens with two attached hydrogens (primary N) is 1. The maximum absolute atomic E-state index is 13.2. The zero-order chi connectivity index (χ0) is 13.8. The first-order valence-electron chi connectivity index (χ1n) is 5.88. The molecule has 0 aliphatic rings. The van der Waals surface area contributed by atoms with E-state index in [1.54, 1.807) is 17.8 Å². The number of nitrogens with one attached hydrogen (secondary N) is 1. The van der Waals surface area contributed by atoms with E-state index >= 15 is 0 Å². The Morgan fingerprint density at radius 1 is 1.21 bits per heavy atom. The molecule has 0 bridgehead atoms. The van der Waals surface area contributed by atoms with Crippen LogP contribution in [0.25, 0.3) is 0 Å². The van der Waals surface area contributed by atoms with Crippen molar-refractivity contribution in [2.24, 2.45) is 5.73 Å². The monoisotopic (exact) mass is 274 g/mol. The van der Waals surface area contributed by atoms with E-state index in [4.69, 9.17) is 11.1 Å². The highest BCUT2D eigenvalue weighted by Crippen LogP contribution is 2.25. The van der Waals surface area contributed by atoms with Crippen LogP contribution in [0, 0.1) is 18.2 Å². The van der Waals surface area contributed by atoms with Gasteiger partial charge in [0.05, 0.1) is 0 Å². The second-order valence-corrected chi connectivity index (χ2v) is 5.37. The summed E-state index contributed by atoms with van der Waals surface area (Å²) in [5.41, 5.74) is 8.04. The van der Waals surface area contributed by atoms with E-state index < -0.39 is 0 Å². The van der Waals surface area contributed by atoms with Crippen molar-refractivity contribution in [1.82, 2.24) is 0 Å². The fraction of sp³-hybridized carbons (Fsp3) is 0.133. The second-order valence-electron chi connectivity index (χ2n) is 4.32. The third-order valence-corrected chi connectivity index (χ3v) is 3.84. The second kappa shape index (κ2) is 5.89. The van der Waals surface area contributed by atoms with E-state index in [1.165, 1.54) is 17.7 Å². The van der Waals surface area contributed by atoms with Gasteiger partial charge in [0.2, 0.25) is 0 Å². The summed E-state index contributed by atoms with van der Waals surface area (Å²) in [7, 11) is 0. The van der Waals surface area contributed by atoms with Crippen molar-refractivity contribution in [3.05, 3.63) is 65.0 Å². The molecule has 0 spiro atoms. The van der Waals surface area contributed by atoms with Gasteiger partial charge in [-0.1, -0.05) is 23.8 Å². The van der Waals surface area contributed by atoms with Crippen LogP contribution in [-0.2, 0) is 5.75 Å². The van der Waals surface area contributed by atoms with Gasteiger partial charge >= 0.3 is 0 Å². The lowest BCUT2D eigenvalue weighted by Gasteiger charge is -2.08. The molecule has 0 aliphatic carbocycles. The molecule has 19 heavy (non-hydrogen) atoms. The summed E-state index contributed by atoms with van der Waals surface area (Å²) < 4.78 is 13.2. The normalized spacial score (nSPS) is 10.4. The van der Waals surface area contributed by atoms with Gasteiger partial charge in [-0.15, -0.1) is 11.8 Å². The highest BCUT2D eigenvalue weighted by molar-refractivity contribution is 7.98. The number of hydrogen-bond acceptors (Lipinski definition) is 2. The minimum Gasteiger partial charge on any atom is -0.384 e. The molecule has 0 radical (unpaired) electrons. The zero-order valence-corrected chi connectivity index (χ0v) is 11.4. The molecule has 0 saturated heterocycles. The number of nitrogen functional groups attached to an aromatic ring is 1. The topological polar surface area (TPSA) is 49.9 Å². The van der Waals surface area contributed by atoms with Crippen molar-refractivity contribution < 1.29 is 4.39 Å². The van der Waals surface area contributed by atoms with Crippen LogP contribution < -0.4 is 5.73 Å². The molecule has 3 N–H and O–H groups in total. The van der Waals surface area contributed by atoms with Gasteiger partial charge in [0.25, 0.3) is 0 Å². The van der Waals surface area contributed by atoms with Gasteiger partial charge in [0.1, 0.15) is 11.7 Å². The molecule has 98 valence electrons. The number of halogens is 1. The van der Waals surface area contributed by atoms with Gasteiger partial charge < -0.3 is 5.73 Å². The Morgan fingerprint density at radius 3 is 2.53 bits per heavy atom. The average Bonchev–Trinajstić information content (AvgIpc) is 2.39. The largest absolute Gasteiger partial charge is 0.384 e. The summed E-state index contributed by atoms with van der Waals surface area (Å²) in [5, 5.41) is 7.49. The summed E-state index contributed by atoms with van der Waals surface area (Å²) in [4.78, 5) is 1.14. The van der Waals surface area contributed by atoms with E-state index in [-0.39, 0.29) is 11.7 Å². The van der Waals surface area contributed by atoms with Crippen molar-refractivity contribution in [1.29, 1.82) is 5.41 Å². The van der Waals surface area contributed by atoms with E-state index in [9.17, 15) is 4.39 Å². The SMILES string of the molecule is Cc1ccc(SCc2ccc(F)cc2C(=N)N)cc1. The Labute approximate surface area is 116 Å². The van der Waals surface area contributed by atoms with Gasteiger partial charge in [0.15, 0.2) is 0 Å². The molecule has 0 amide bonds. The van der Waals surface area contributed by atoms with Crippen LogP contribution in [0.5, 0.6) is 0 Å². The first-order valence-corrected chi connectivity index (χ1v) is 6.87. The van der Waals surface area contributed by atoms with Crippen molar-refractivity contribution in [3.8, 4) is 0 Å². The maximum Gasteiger partial charge on any atom is 0.123 e. The quantitative estimate of drug-likeness (QED) is 0.507. The van der Waals surface area contributed by atoms with Gasteiger partial charge in [-0.25, -0.2) is 4.39 Å². The van der Waals surface area contributed by atoms with E-state index in [1.807, 2.05) is 6.92 Å². The van der Waals surface area contributed by atoms with Gasteiger partial charge in [-0.05, 0) is 36.8 Å². The number of rotatable bonds is 4. The Bertz CT molecular complexity index is 594. The van der Waals surface area contributed by atoms with E-state index in [0.29, 0.717) is 11.3 Å². The molecule has 0 atom stereocenters. The molecule has 2 nitrogen and oxygen atoms in total. The molecule has 0 aromatic heterocycles. The van der Waals surface area contributed by atoms with Crippen LogP contribution in [0.2, 0.25) is 0 Å². The van der Waals surface area contributed by atoms with Crippen LogP contribution in [0.3, 0.4) is 0 Å². The molecule has 0 saturated carbocycles. The van der Waals surface area contributed by atoms with E-state index in [2.05, 4.69) is 24.3 Å². The molecule has 0 heterocycles. The van der Waals surface area contributed by atoms with Crippen molar-refractivity contribution in [2.45, 2.75) is 17.6 Å². The summed E-state index contributed by atoms with van der Waals surface area (Å²) in [6.07, 6.45) is 0. The molecule has 0 unspecified atom stereocenters.